The molecule has 3 heteroatoms. The lowest BCUT2D eigenvalue weighted by atomic mass is 10.1. The largest absolute Gasteiger partial charge is 0.454 e. The zero-order chi connectivity index (χ0) is 11.4. The summed E-state index contributed by atoms with van der Waals surface area (Å²) >= 11 is 0. The molecule has 1 aromatic carbocycles. The van der Waals surface area contributed by atoms with Crippen LogP contribution in [0.15, 0.2) is 30.9 Å². The predicted molar refractivity (Wildman–Crippen MR) is 63.9 cm³/mol. The molecule has 1 aliphatic rings. The quantitative estimate of drug-likeness (QED) is 0.769. The maximum atomic E-state index is 5.34. The van der Waals surface area contributed by atoms with Crippen molar-refractivity contribution in [1.82, 2.24) is 5.32 Å². The summed E-state index contributed by atoms with van der Waals surface area (Å²) in [6, 6.07) is 6.53. The highest BCUT2D eigenvalue weighted by atomic mass is 16.7. The van der Waals surface area contributed by atoms with Gasteiger partial charge in [-0.3, -0.25) is 0 Å². The molecule has 3 nitrogen and oxygen atoms in total. The fourth-order valence-electron chi connectivity index (χ4n) is 1.78. The number of hydrogen-bond acceptors (Lipinski definition) is 3. The molecule has 1 atom stereocenters. The lowest BCUT2D eigenvalue weighted by molar-refractivity contribution is 0.174. The van der Waals surface area contributed by atoms with Gasteiger partial charge in [-0.05, 0) is 31.0 Å². The summed E-state index contributed by atoms with van der Waals surface area (Å²) in [5, 5.41) is 3.36. The van der Waals surface area contributed by atoms with Crippen molar-refractivity contribution in [1.29, 1.82) is 0 Å². The Balaban J connectivity index is 1.96. The van der Waals surface area contributed by atoms with Crippen molar-refractivity contribution in [3.8, 4) is 11.5 Å². The Labute approximate surface area is 96.1 Å². The summed E-state index contributed by atoms with van der Waals surface area (Å²) in [6.07, 6.45) is 2.85. The number of rotatable bonds is 5. The van der Waals surface area contributed by atoms with Gasteiger partial charge in [0.15, 0.2) is 11.5 Å². The fraction of sp³-hybridized carbons (Fsp3) is 0.385. The van der Waals surface area contributed by atoms with Crippen molar-refractivity contribution in [2.75, 3.05) is 13.3 Å². The van der Waals surface area contributed by atoms with Crippen LogP contribution < -0.4 is 14.8 Å². The molecular formula is C13H17NO2. The van der Waals surface area contributed by atoms with Crippen LogP contribution in [0, 0.1) is 0 Å². The van der Waals surface area contributed by atoms with Gasteiger partial charge in [-0.2, -0.15) is 0 Å². The van der Waals surface area contributed by atoms with Crippen molar-refractivity contribution < 1.29 is 9.47 Å². The first-order valence-corrected chi connectivity index (χ1v) is 5.52. The van der Waals surface area contributed by atoms with Crippen molar-refractivity contribution in [2.24, 2.45) is 0 Å². The third-order valence-electron chi connectivity index (χ3n) is 2.59. The maximum absolute atomic E-state index is 5.34. The number of fused-ring (bicyclic) bond motifs is 1. The van der Waals surface area contributed by atoms with Gasteiger partial charge in [0.05, 0.1) is 0 Å². The molecule has 16 heavy (non-hydrogen) atoms. The second-order valence-electron chi connectivity index (χ2n) is 3.99. The Kier molecular flexibility index (Phi) is 3.47. The Morgan fingerprint density at radius 3 is 3.06 bits per heavy atom. The minimum Gasteiger partial charge on any atom is -0.454 e. The SMILES string of the molecule is C=CCNC(C)Cc1ccc2c(c1)OCO2. The van der Waals surface area contributed by atoms with E-state index in [1.54, 1.807) is 0 Å². The van der Waals surface area contributed by atoms with Crippen LogP contribution in [0.1, 0.15) is 12.5 Å². The highest BCUT2D eigenvalue weighted by Gasteiger charge is 2.13. The second-order valence-corrected chi connectivity index (χ2v) is 3.99. The molecule has 1 unspecified atom stereocenters. The number of hydrogen-bond donors (Lipinski definition) is 1. The zero-order valence-corrected chi connectivity index (χ0v) is 9.53. The minimum absolute atomic E-state index is 0.336. The molecule has 0 bridgehead atoms. The summed E-state index contributed by atoms with van der Waals surface area (Å²) < 4.78 is 10.6. The van der Waals surface area contributed by atoms with Gasteiger partial charge in [0.1, 0.15) is 0 Å². The predicted octanol–water partition coefficient (Wildman–Crippen LogP) is 2.12. The van der Waals surface area contributed by atoms with Crippen molar-refractivity contribution in [2.45, 2.75) is 19.4 Å². The van der Waals surface area contributed by atoms with E-state index in [2.05, 4.69) is 31.0 Å². The standard InChI is InChI=1S/C13H17NO2/c1-3-6-14-10(2)7-11-4-5-12-13(8-11)16-9-15-12/h3-5,8,10,14H,1,6-7,9H2,2H3. The third-order valence-corrected chi connectivity index (χ3v) is 2.59. The van der Waals surface area contributed by atoms with Gasteiger partial charge in [-0.25, -0.2) is 0 Å². The van der Waals surface area contributed by atoms with Gasteiger partial charge in [-0.15, -0.1) is 6.58 Å². The number of nitrogens with one attached hydrogen (secondary N) is 1. The molecule has 0 spiro atoms. The van der Waals surface area contributed by atoms with Crippen LogP contribution in [0.5, 0.6) is 11.5 Å². The van der Waals surface area contributed by atoms with E-state index in [9.17, 15) is 0 Å². The fourth-order valence-corrected chi connectivity index (χ4v) is 1.78. The van der Waals surface area contributed by atoms with Crippen LogP contribution in [0.2, 0.25) is 0 Å². The maximum Gasteiger partial charge on any atom is 0.231 e. The summed E-state index contributed by atoms with van der Waals surface area (Å²) in [4.78, 5) is 0. The molecule has 2 rings (SSSR count). The molecule has 0 aromatic heterocycles. The number of benzene rings is 1. The summed E-state index contributed by atoms with van der Waals surface area (Å²) in [7, 11) is 0. The molecule has 0 radical (unpaired) electrons. The molecule has 0 aliphatic carbocycles. The van der Waals surface area contributed by atoms with Gasteiger partial charge in [0.25, 0.3) is 0 Å². The lowest BCUT2D eigenvalue weighted by Crippen LogP contribution is -2.27. The van der Waals surface area contributed by atoms with E-state index in [-0.39, 0.29) is 0 Å². The Morgan fingerprint density at radius 2 is 2.25 bits per heavy atom. The highest BCUT2D eigenvalue weighted by Crippen LogP contribution is 2.32. The average molecular weight is 219 g/mol. The van der Waals surface area contributed by atoms with E-state index in [4.69, 9.17) is 9.47 Å². The van der Waals surface area contributed by atoms with E-state index in [1.165, 1.54) is 5.56 Å². The lowest BCUT2D eigenvalue weighted by Gasteiger charge is -2.12. The molecule has 0 amide bonds. The first-order valence-electron chi connectivity index (χ1n) is 5.52. The van der Waals surface area contributed by atoms with Crippen molar-refractivity contribution in [3.05, 3.63) is 36.4 Å². The van der Waals surface area contributed by atoms with Crippen molar-refractivity contribution >= 4 is 0 Å². The molecule has 86 valence electrons. The summed E-state index contributed by atoms with van der Waals surface area (Å²) in [5.74, 6) is 1.70. The van der Waals surface area contributed by atoms with E-state index >= 15 is 0 Å². The first-order chi connectivity index (χ1) is 7.79. The van der Waals surface area contributed by atoms with Crippen LogP contribution in [0.25, 0.3) is 0 Å². The van der Waals surface area contributed by atoms with Crippen LogP contribution >= 0.6 is 0 Å². The molecule has 0 saturated heterocycles. The van der Waals surface area contributed by atoms with Gasteiger partial charge in [0.2, 0.25) is 6.79 Å². The Morgan fingerprint density at radius 1 is 1.44 bits per heavy atom. The smallest absolute Gasteiger partial charge is 0.231 e. The molecule has 0 saturated carbocycles. The molecule has 1 aliphatic heterocycles. The minimum atomic E-state index is 0.336. The highest BCUT2D eigenvalue weighted by molar-refractivity contribution is 5.44. The molecule has 1 N–H and O–H groups in total. The molecule has 0 fully saturated rings. The van der Waals surface area contributed by atoms with Gasteiger partial charge in [0, 0.05) is 12.6 Å². The molecule has 1 aromatic rings. The number of ether oxygens (including phenoxy) is 2. The van der Waals surface area contributed by atoms with Crippen LogP contribution in [0.4, 0.5) is 0 Å². The van der Waals surface area contributed by atoms with E-state index < -0.39 is 0 Å². The zero-order valence-electron chi connectivity index (χ0n) is 9.53. The van der Waals surface area contributed by atoms with Crippen molar-refractivity contribution in [3.63, 3.8) is 0 Å². The first kappa shape index (κ1) is 11.0. The Bertz CT molecular complexity index is 376. The van der Waals surface area contributed by atoms with Gasteiger partial charge >= 0.3 is 0 Å². The molecule has 1 heterocycles. The molecular weight excluding hydrogens is 202 g/mol. The van der Waals surface area contributed by atoms with Crippen LogP contribution in [-0.4, -0.2) is 19.4 Å². The van der Waals surface area contributed by atoms with Crippen LogP contribution in [0.3, 0.4) is 0 Å². The topological polar surface area (TPSA) is 30.5 Å². The average Bonchev–Trinajstić information content (AvgIpc) is 2.73. The van der Waals surface area contributed by atoms with E-state index in [0.29, 0.717) is 12.8 Å². The second kappa shape index (κ2) is 5.03. The normalized spacial score (nSPS) is 14.8. The van der Waals surface area contributed by atoms with E-state index in [1.807, 2.05) is 12.1 Å². The monoisotopic (exact) mass is 219 g/mol. The van der Waals surface area contributed by atoms with E-state index in [0.717, 1.165) is 24.5 Å². The summed E-state index contributed by atoms with van der Waals surface area (Å²) in [6.45, 7) is 7.02. The van der Waals surface area contributed by atoms with Crippen LogP contribution in [-0.2, 0) is 6.42 Å². The summed E-state index contributed by atoms with van der Waals surface area (Å²) in [5.41, 5.74) is 1.26. The van der Waals surface area contributed by atoms with Gasteiger partial charge in [-0.1, -0.05) is 12.1 Å². The van der Waals surface area contributed by atoms with Gasteiger partial charge < -0.3 is 14.8 Å². The Hall–Kier alpha value is -1.48. The third kappa shape index (κ3) is 2.55.